The van der Waals surface area contributed by atoms with Crippen molar-refractivity contribution in [2.75, 3.05) is 18.0 Å². The molecule has 0 unspecified atom stereocenters. The smallest absolute Gasteiger partial charge is 0.425 e. The number of hydrogen-bond acceptors (Lipinski definition) is 8. The summed E-state index contributed by atoms with van der Waals surface area (Å²) in [5.74, 6) is 0.355. The van der Waals surface area contributed by atoms with Gasteiger partial charge in [0.1, 0.15) is 22.5 Å². The number of halogens is 1. The van der Waals surface area contributed by atoms with E-state index in [0.29, 0.717) is 33.7 Å². The maximum Gasteiger partial charge on any atom is 0.425 e. The standard InChI is InChI=1S/C34H39ClN4O7/c1-33(2,3)45-30(40)37-22-11-13-38(14-12-22)19-20-15-23-24(27-17-21-9-7-8-10-26(21)44-27)18-36-29(28(23)25(35)16-20)39(31(41)42)32(43)46-34(4,5)6/h7-10,15-18,22H,11-14,19H2,1-6H3,(H,37,40)(H,41,42). The number of nitrogens with zero attached hydrogens (tertiary/aromatic N) is 3. The van der Waals surface area contributed by atoms with Crippen molar-refractivity contribution in [1.29, 1.82) is 0 Å². The molecule has 4 aromatic rings. The number of carbonyl (C=O) groups is 3. The monoisotopic (exact) mass is 650 g/mol. The zero-order chi connectivity index (χ0) is 33.4. The van der Waals surface area contributed by atoms with Gasteiger partial charge >= 0.3 is 18.3 Å². The summed E-state index contributed by atoms with van der Waals surface area (Å²) < 4.78 is 17.0. The molecule has 0 spiro atoms. The Morgan fingerprint density at radius 1 is 1.04 bits per heavy atom. The van der Waals surface area contributed by atoms with E-state index in [-0.39, 0.29) is 22.3 Å². The number of para-hydroxylation sites is 1. The molecule has 2 aromatic carbocycles. The summed E-state index contributed by atoms with van der Waals surface area (Å²) in [6.45, 7) is 12.5. The van der Waals surface area contributed by atoms with Gasteiger partial charge < -0.3 is 24.3 Å². The van der Waals surface area contributed by atoms with Crippen molar-refractivity contribution >= 4 is 57.4 Å². The molecular weight excluding hydrogens is 612 g/mol. The molecule has 0 aliphatic carbocycles. The SMILES string of the molecule is CC(C)(C)OC(=O)NC1CCN(Cc2cc(Cl)c3c(N(C(=O)O)C(=O)OC(C)(C)C)ncc(-c4cc5ccccc5o4)c3c2)CC1. The van der Waals surface area contributed by atoms with Crippen LogP contribution >= 0.6 is 11.6 Å². The zero-order valence-corrected chi connectivity index (χ0v) is 27.6. The first-order valence-electron chi connectivity index (χ1n) is 15.2. The highest BCUT2D eigenvalue weighted by Gasteiger charge is 2.33. The lowest BCUT2D eigenvalue weighted by Gasteiger charge is -2.33. The lowest BCUT2D eigenvalue weighted by Crippen LogP contribution is -2.45. The Hall–Kier alpha value is -4.35. The molecular formula is C34H39ClN4O7. The third-order valence-electron chi connectivity index (χ3n) is 7.36. The maximum atomic E-state index is 13.1. The molecule has 0 bridgehead atoms. The first-order valence-corrected chi connectivity index (χ1v) is 15.5. The van der Waals surface area contributed by atoms with Crippen molar-refractivity contribution in [2.24, 2.45) is 0 Å². The summed E-state index contributed by atoms with van der Waals surface area (Å²) in [6.07, 6.45) is -0.0683. The lowest BCUT2D eigenvalue weighted by atomic mass is 10.00. The number of benzene rings is 2. The second-order valence-corrected chi connectivity index (χ2v) is 13.8. The van der Waals surface area contributed by atoms with Crippen LogP contribution in [0.5, 0.6) is 0 Å². The minimum atomic E-state index is -1.55. The largest absolute Gasteiger partial charge is 0.464 e. The number of nitrogens with one attached hydrogen (secondary N) is 1. The number of ether oxygens (including phenoxy) is 2. The van der Waals surface area contributed by atoms with Crippen LogP contribution in [0, 0.1) is 0 Å². The van der Waals surface area contributed by atoms with Crippen molar-refractivity contribution in [2.45, 2.75) is 78.2 Å². The van der Waals surface area contributed by atoms with Gasteiger partial charge in [0.15, 0.2) is 5.82 Å². The van der Waals surface area contributed by atoms with Crippen LogP contribution in [0.15, 0.2) is 53.1 Å². The summed E-state index contributed by atoms with van der Waals surface area (Å²) in [7, 11) is 0. The van der Waals surface area contributed by atoms with Gasteiger partial charge in [-0.05, 0) is 89.6 Å². The van der Waals surface area contributed by atoms with Crippen LogP contribution in [0.1, 0.15) is 59.9 Å². The quantitative estimate of drug-likeness (QED) is 0.219. The molecule has 0 atom stereocenters. The van der Waals surface area contributed by atoms with E-state index in [1.807, 2.05) is 57.2 Å². The molecule has 1 aliphatic rings. The normalized spacial score (nSPS) is 14.8. The molecule has 3 heterocycles. The van der Waals surface area contributed by atoms with Crippen molar-refractivity contribution in [1.82, 2.24) is 15.2 Å². The Balaban J connectivity index is 1.50. The van der Waals surface area contributed by atoms with Gasteiger partial charge in [0.2, 0.25) is 0 Å². The maximum absolute atomic E-state index is 13.1. The second kappa shape index (κ2) is 12.8. The van der Waals surface area contributed by atoms with Crippen molar-refractivity contribution in [3.8, 4) is 11.3 Å². The highest BCUT2D eigenvalue weighted by atomic mass is 35.5. The molecule has 11 nitrogen and oxygen atoms in total. The predicted octanol–water partition coefficient (Wildman–Crippen LogP) is 8.21. The number of amides is 3. The number of rotatable bonds is 5. The zero-order valence-electron chi connectivity index (χ0n) is 26.8. The molecule has 1 fully saturated rings. The summed E-state index contributed by atoms with van der Waals surface area (Å²) in [4.78, 5) is 44.9. The van der Waals surface area contributed by atoms with E-state index in [2.05, 4.69) is 15.2 Å². The molecule has 3 amide bonds. The van der Waals surface area contributed by atoms with Crippen molar-refractivity contribution < 1.29 is 33.4 Å². The number of carboxylic acid groups (broad SMARTS) is 1. The fraction of sp³-hybridized carbons (Fsp3) is 0.412. The summed E-state index contributed by atoms with van der Waals surface area (Å²) in [5, 5.41) is 15.0. The van der Waals surface area contributed by atoms with Gasteiger partial charge in [0.25, 0.3) is 0 Å². The Morgan fingerprint density at radius 2 is 1.72 bits per heavy atom. The minimum Gasteiger partial charge on any atom is -0.464 e. The van der Waals surface area contributed by atoms with E-state index in [4.69, 9.17) is 25.5 Å². The van der Waals surface area contributed by atoms with Gasteiger partial charge in [0.05, 0.1) is 5.02 Å². The average Bonchev–Trinajstić information content (AvgIpc) is 3.36. The molecule has 46 heavy (non-hydrogen) atoms. The van der Waals surface area contributed by atoms with Crippen LogP contribution in [0.2, 0.25) is 5.02 Å². The number of alkyl carbamates (subject to hydrolysis) is 1. The number of carbonyl (C=O) groups excluding carboxylic acids is 2. The van der Waals surface area contributed by atoms with E-state index in [0.717, 1.165) is 36.9 Å². The molecule has 12 heteroatoms. The highest BCUT2D eigenvalue weighted by Crippen LogP contribution is 2.40. The third-order valence-corrected chi connectivity index (χ3v) is 7.66. The van der Waals surface area contributed by atoms with E-state index in [1.54, 1.807) is 26.8 Å². The Morgan fingerprint density at radius 3 is 2.35 bits per heavy atom. The van der Waals surface area contributed by atoms with Gasteiger partial charge in [-0.3, -0.25) is 4.90 Å². The number of fused-ring (bicyclic) bond motifs is 2. The number of imide groups is 1. The predicted molar refractivity (Wildman–Crippen MR) is 176 cm³/mol. The first-order chi connectivity index (χ1) is 21.6. The minimum absolute atomic E-state index is 0.00877. The number of piperidine rings is 1. The van der Waals surface area contributed by atoms with E-state index in [1.165, 1.54) is 6.20 Å². The van der Waals surface area contributed by atoms with E-state index < -0.39 is 29.5 Å². The molecule has 1 saturated heterocycles. The number of anilines is 1. The molecule has 2 N–H and O–H groups in total. The third kappa shape index (κ3) is 7.71. The van der Waals surface area contributed by atoms with Gasteiger partial charge in [-0.25, -0.2) is 19.4 Å². The Kier molecular flexibility index (Phi) is 9.19. The summed E-state index contributed by atoms with van der Waals surface area (Å²) in [6, 6.07) is 13.2. The summed E-state index contributed by atoms with van der Waals surface area (Å²) >= 11 is 6.92. The Bertz CT molecular complexity index is 1750. The molecule has 244 valence electrons. The lowest BCUT2D eigenvalue weighted by molar-refractivity contribution is 0.0476. The van der Waals surface area contributed by atoms with Crippen LogP contribution in [0.4, 0.5) is 20.2 Å². The van der Waals surface area contributed by atoms with Gasteiger partial charge in [-0.1, -0.05) is 29.8 Å². The fourth-order valence-electron chi connectivity index (χ4n) is 5.46. The van der Waals surface area contributed by atoms with Crippen LogP contribution in [-0.2, 0) is 16.0 Å². The van der Waals surface area contributed by atoms with Crippen LogP contribution < -0.4 is 10.2 Å². The number of likely N-dealkylation sites (tertiary alicyclic amines) is 1. The first kappa shape index (κ1) is 33.0. The van der Waals surface area contributed by atoms with Gasteiger partial charge in [0, 0.05) is 48.2 Å². The molecule has 0 radical (unpaired) electrons. The highest BCUT2D eigenvalue weighted by molar-refractivity contribution is 6.37. The number of hydrogen-bond donors (Lipinski definition) is 2. The van der Waals surface area contributed by atoms with Gasteiger partial charge in [-0.2, -0.15) is 4.90 Å². The molecule has 1 aliphatic heterocycles. The van der Waals surface area contributed by atoms with Gasteiger partial charge in [-0.15, -0.1) is 0 Å². The van der Waals surface area contributed by atoms with Crippen LogP contribution in [-0.4, -0.2) is 63.6 Å². The molecule has 2 aromatic heterocycles. The number of furan rings is 1. The summed E-state index contributed by atoms with van der Waals surface area (Å²) in [5.41, 5.74) is 0.645. The molecule has 0 saturated carbocycles. The van der Waals surface area contributed by atoms with Crippen LogP contribution in [0.25, 0.3) is 33.1 Å². The van der Waals surface area contributed by atoms with Crippen molar-refractivity contribution in [3.05, 3.63) is 59.2 Å². The number of pyridine rings is 1. The molecule has 5 rings (SSSR count). The Labute approximate surface area is 272 Å². The average molecular weight is 651 g/mol. The van der Waals surface area contributed by atoms with Crippen molar-refractivity contribution in [3.63, 3.8) is 0 Å². The number of aromatic nitrogens is 1. The second-order valence-electron chi connectivity index (χ2n) is 13.4. The van der Waals surface area contributed by atoms with E-state index in [9.17, 15) is 19.5 Å². The van der Waals surface area contributed by atoms with E-state index >= 15 is 0 Å². The fourth-order valence-corrected chi connectivity index (χ4v) is 5.79. The van der Waals surface area contributed by atoms with Crippen LogP contribution in [0.3, 0.4) is 0 Å². The topological polar surface area (TPSA) is 134 Å².